The molecule has 1 aliphatic heterocycles. The molecular weight excluding hydrogens is 757 g/mol. The van der Waals surface area contributed by atoms with Gasteiger partial charge in [-0.05, 0) is 68.7 Å². The lowest BCUT2D eigenvalue weighted by atomic mass is 9.87. The summed E-state index contributed by atoms with van der Waals surface area (Å²) in [4.78, 5) is 57.5. The standard InChI is InChI=1S/C45H62N4O10/c1-29(2)38(42(52)46-35(26-31-17-13-10-14-18-31)43(53)49-21-23-58-24-22-49)48-41(51)33(27-32-19-20-37(55-6)40(57-8)39(32)56-7)28-36(50)34(25-30-15-11-9-12-16-30)47-44(54)59-45(3,4)5/h9-20,29,33-36,38,50H,21-28H2,1-8H3,(H,46,52)(H,47,54)(H,48,51)/t33-,34-,35-,36-,38-/m0/s1. The molecule has 0 radical (unpaired) electrons. The monoisotopic (exact) mass is 818 g/mol. The summed E-state index contributed by atoms with van der Waals surface area (Å²) < 4.78 is 27.9. The number of hydrogen-bond acceptors (Lipinski definition) is 10. The van der Waals surface area contributed by atoms with Crippen LogP contribution in [0.15, 0.2) is 72.8 Å². The van der Waals surface area contributed by atoms with Gasteiger partial charge in [0.1, 0.15) is 17.7 Å². The molecule has 0 aliphatic carbocycles. The molecule has 1 saturated heterocycles. The number of amides is 4. The zero-order valence-electron chi connectivity index (χ0n) is 35.6. The van der Waals surface area contributed by atoms with Crippen molar-refractivity contribution in [1.29, 1.82) is 0 Å². The van der Waals surface area contributed by atoms with Crippen LogP contribution < -0.4 is 30.2 Å². The molecule has 3 aromatic rings. The Morgan fingerprint density at radius 3 is 1.88 bits per heavy atom. The van der Waals surface area contributed by atoms with E-state index < -0.39 is 59.6 Å². The zero-order valence-corrected chi connectivity index (χ0v) is 35.6. The maximum absolute atomic E-state index is 14.6. The molecule has 322 valence electrons. The second-order valence-corrected chi connectivity index (χ2v) is 16.1. The molecule has 0 saturated carbocycles. The van der Waals surface area contributed by atoms with Gasteiger partial charge >= 0.3 is 6.09 Å². The first-order chi connectivity index (χ1) is 28.1. The lowest BCUT2D eigenvalue weighted by molar-refractivity contribution is -0.141. The highest BCUT2D eigenvalue weighted by Gasteiger charge is 2.36. The molecule has 1 fully saturated rings. The third-order valence-corrected chi connectivity index (χ3v) is 10.1. The van der Waals surface area contributed by atoms with Crippen LogP contribution >= 0.6 is 0 Å². The zero-order chi connectivity index (χ0) is 43.1. The van der Waals surface area contributed by atoms with E-state index in [4.69, 9.17) is 23.7 Å². The van der Waals surface area contributed by atoms with Crippen molar-refractivity contribution in [1.82, 2.24) is 20.9 Å². The minimum atomic E-state index is -1.25. The first-order valence-electron chi connectivity index (χ1n) is 20.1. The Kier molecular flexibility index (Phi) is 17.4. The third-order valence-electron chi connectivity index (χ3n) is 10.1. The van der Waals surface area contributed by atoms with E-state index in [1.165, 1.54) is 21.3 Å². The van der Waals surface area contributed by atoms with Gasteiger partial charge in [0, 0.05) is 25.4 Å². The highest BCUT2D eigenvalue weighted by atomic mass is 16.6. The number of nitrogens with one attached hydrogen (secondary N) is 3. The Morgan fingerprint density at radius 2 is 1.34 bits per heavy atom. The van der Waals surface area contributed by atoms with Gasteiger partial charge in [0.2, 0.25) is 23.5 Å². The predicted molar refractivity (Wildman–Crippen MR) is 223 cm³/mol. The van der Waals surface area contributed by atoms with Gasteiger partial charge in [0.15, 0.2) is 11.5 Å². The molecule has 0 unspecified atom stereocenters. The van der Waals surface area contributed by atoms with E-state index in [0.29, 0.717) is 49.1 Å². The molecule has 0 spiro atoms. The van der Waals surface area contributed by atoms with Crippen molar-refractivity contribution in [2.75, 3.05) is 47.6 Å². The molecule has 4 N–H and O–H groups in total. The first-order valence-corrected chi connectivity index (χ1v) is 20.1. The van der Waals surface area contributed by atoms with E-state index in [9.17, 15) is 24.3 Å². The lowest BCUT2D eigenvalue weighted by Gasteiger charge is -2.32. The number of aliphatic hydroxyl groups excluding tert-OH is 1. The van der Waals surface area contributed by atoms with E-state index in [-0.39, 0.29) is 31.6 Å². The van der Waals surface area contributed by atoms with Crippen molar-refractivity contribution in [2.45, 2.75) is 90.1 Å². The molecule has 14 nitrogen and oxygen atoms in total. The number of alkyl carbamates (subject to hydrolysis) is 1. The van der Waals surface area contributed by atoms with Crippen molar-refractivity contribution in [3.05, 3.63) is 89.5 Å². The van der Waals surface area contributed by atoms with Gasteiger partial charge < -0.3 is 49.6 Å². The summed E-state index contributed by atoms with van der Waals surface area (Å²) in [6, 6.07) is 19.4. The van der Waals surface area contributed by atoms with Gasteiger partial charge in [-0.15, -0.1) is 0 Å². The molecule has 5 atom stereocenters. The average Bonchev–Trinajstić information content (AvgIpc) is 3.21. The summed E-state index contributed by atoms with van der Waals surface area (Å²) in [6.07, 6.45) is -1.55. The quantitative estimate of drug-likeness (QED) is 0.135. The van der Waals surface area contributed by atoms with Gasteiger partial charge in [0.05, 0.1) is 46.7 Å². The smallest absolute Gasteiger partial charge is 0.407 e. The molecular formula is C45H62N4O10. The SMILES string of the molecule is COc1ccc(C[C@@H](C[C@H](O)[C@H](Cc2ccccc2)NC(=O)OC(C)(C)C)C(=O)N[C@H](C(=O)N[C@@H](Cc2ccccc2)C(=O)N2CCOCC2)C(C)C)c(OC)c1OC. The van der Waals surface area contributed by atoms with Crippen LogP contribution in [0, 0.1) is 11.8 Å². The highest BCUT2D eigenvalue weighted by Crippen LogP contribution is 2.41. The highest BCUT2D eigenvalue weighted by molar-refractivity contribution is 5.93. The van der Waals surface area contributed by atoms with Crippen molar-refractivity contribution in [3.63, 3.8) is 0 Å². The molecule has 1 aliphatic rings. The van der Waals surface area contributed by atoms with E-state index >= 15 is 0 Å². The van der Waals surface area contributed by atoms with Crippen LogP contribution in [0.25, 0.3) is 0 Å². The van der Waals surface area contributed by atoms with Crippen molar-refractivity contribution >= 4 is 23.8 Å². The van der Waals surface area contributed by atoms with Crippen LogP contribution in [0.4, 0.5) is 4.79 Å². The van der Waals surface area contributed by atoms with Gasteiger partial charge in [-0.3, -0.25) is 14.4 Å². The maximum Gasteiger partial charge on any atom is 0.407 e. The Labute approximate surface area is 348 Å². The fourth-order valence-corrected chi connectivity index (χ4v) is 7.06. The van der Waals surface area contributed by atoms with Crippen LogP contribution in [0.5, 0.6) is 17.2 Å². The molecule has 4 rings (SSSR count). The predicted octanol–water partition coefficient (Wildman–Crippen LogP) is 4.49. The van der Waals surface area contributed by atoms with Crippen molar-refractivity contribution < 1.29 is 48.0 Å². The Hall–Kier alpha value is -5.34. The number of methoxy groups -OCH3 is 3. The second kappa shape index (κ2) is 22.1. The molecule has 14 heteroatoms. The number of carbonyl (C=O) groups excluding carboxylic acids is 4. The summed E-state index contributed by atoms with van der Waals surface area (Å²) in [7, 11) is 4.47. The Bertz CT molecular complexity index is 1810. The number of nitrogens with zero attached hydrogens (tertiary/aromatic N) is 1. The van der Waals surface area contributed by atoms with Crippen molar-refractivity contribution in [2.24, 2.45) is 11.8 Å². The molecule has 0 bridgehead atoms. The average molecular weight is 819 g/mol. The van der Waals surface area contributed by atoms with Gasteiger partial charge in [-0.2, -0.15) is 0 Å². The fraction of sp³-hybridized carbons (Fsp3) is 0.511. The van der Waals surface area contributed by atoms with Gasteiger partial charge in [0.25, 0.3) is 0 Å². The van der Waals surface area contributed by atoms with Crippen molar-refractivity contribution in [3.8, 4) is 17.2 Å². The van der Waals surface area contributed by atoms with Crippen LogP contribution in [0.2, 0.25) is 0 Å². The van der Waals surface area contributed by atoms with Crippen LogP contribution in [-0.2, 0) is 43.1 Å². The van der Waals surface area contributed by atoms with E-state index in [2.05, 4.69) is 16.0 Å². The molecule has 3 aromatic carbocycles. The van der Waals surface area contributed by atoms with Crippen LogP contribution in [-0.4, -0.2) is 111 Å². The topological polar surface area (TPSA) is 174 Å². The summed E-state index contributed by atoms with van der Waals surface area (Å²) in [5.41, 5.74) is 1.51. The summed E-state index contributed by atoms with van der Waals surface area (Å²) in [5.74, 6) is -1.54. The van der Waals surface area contributed by atoms with E-state index in [1.807, 2.05) is 74.5 Å². The fourth-order valence-electron chi connectivity index (χ4n) is 7.06. The number of benzene rings is 3. The van der Waals surface area contributed by atoms with E-state index in [0.717, 1.165) is 11.1 Å². The molecule has 4 amide bonds. The number of ether oxygens (including phenoxy) is 5. The van der Waals surface area contributed by atoms with Crippen LogP contribution in [0.3, 0.4) is 0 Å². The second-order valence-electron chi connectivity index (χ2n) is 16.1. The number of rotatable bonds is 19. The van der Waals surface area contributed by atoms with Gasteiger partial charge in [-0.25, -0.2) is 4.79 Å². The Balaban J connectivity index is 1.67. The van der Waals surface area contributed by atoms with E-state index in [1.54, 1.807) is 37.8 Å². The minimum absolute atomic E-state index is 0.0511. The third kappa shape index (κ3) is 13.9. The normalized spacial score (nSPS) is 15.5. The lowest BCUT2D eigenvalue weighted by Crippen LogP contribution is -2.58. The van der Waals surface area contributed by atoms with Gasteiger partial charge in [-0.1, -0.05) is 80.6 Å². The first kappa shape index (κ1) is 46.4. The number of aliphatic hydroxyl groups is 1. The number of hydrogen-bond donors (Lipinski definition) is 4. The minimum Gasteiger partial charge on any atom is -0.493 e. The maximum atomic E-state index is 14.6. The largest absolute Gasteiger partial charge is 0.493 e. The molecule has 59 heavy (non-hydrogen) atoms. The Morgan fingerprint density at radius 1 is 0.746 bits per heavy atom. The van der Waals surface area contributed by atoms with Crippen LogP contribution in [0.1, 0.15) is 57.7 Å². The number of morpholine rings is 1. The molecule has 0 aromatic heterocycles. The summed E-state index contributed by atoms with van der Waals surface area (Å²) >= 11 is 0. The summed E-state index contributed by atoms with van der Waals surface area (Å²) in [5, 5.41) is 20.7. The molecule has 1 heterocycles. The summed E-state index contributed by atoms with van der Waals surface area (Å²) in [6.45, 7) is 10.5. The number of carbonyl (C=O) groups is 4.